The van der Waals surface area contributed by atoms with Gasteiger partial charge in [-0.2, -0.15) is 0 Å². The van der Waals surface area contributed by atoms with Crippen LogP contribution in [0.2, 0.25) is 0 Å². The van der Waals surface area contributed by atoms with Gasteiger partial charge in [0.1, 0.15) is 6.04 Å². The Morgan fingerprint density at radius 2 is 2.05 bits per heavy atom. The number of carboxylic acid groups (broad SMARTS) is 1. The minimum absolute atomic E-state index is 0.236. The van der Waals surface area contributed by atoms with Gasteiger partial charge in [-0.3, -0.25) is 9.69 Å². The molecule has 0 aromatic heterocycles. The number of rotatable bonds is 3. The number of morpholine rings is 1. The molecule has 0 saturated carbocycles. The maximum Gasteiger partial charge on any atom is 0.323 e. The number of benzene rings is 1. The number of carboxylic acids is 1. The molecule has 0 amide bonds. The van der Waals surface area contributed by atoms with E-state index in [1.165, 1.54) is 0 Å². The third-order valence-corrected chi connectivity index (χ3v) is 3.72. The third-order valence-electron chi connectivity index (χ3n) is 3.72. The molecule has 1 N–H and O–H groups in total. The van der Waals surface area contributed by atoms with Gasteiger partial charge in [-0.25, -0.2) is 0 Å². The fourth-order valence-corrected chi connectivity index (χ4v) is 2.60. The molecule has 1 atom stereocenters. The molecule has 114 valence electrons. The third kappa shape index (κ3) is 3.28. The Labute approximate surface area is 123 Å². The molecule has 1 saturated heterocycles. The summed E-state index contributed by atoms with van der Waals surface area (Å²) in [7, 11) is 0. The van der Waals surface area contributed by atoms with Crippen LogP contribution in [0.3, 0.4) is 0 Å². The highest BCUT2D eigenvalue weighted by Crippen LogP contribution is 2.31. The zero-order valence-corrected chi connectivity index (χ0v) is 11.8. The minimum atomic E-state index is -0.843. The number of carbonyl (C=O) groups is 1. The Balaban J connectivity index is 1.74. The lowest BCUT2D eigenvalue weighted by Gasteiger charge is -2.32. The predicted octanol–water partition coefficient (Wildman–Crippen LogP) is 1.13. The van der Waals surface area contributed by atoms with Crippen molar-refractivity contribution in [2.75, 3.05) is 33.0 Å². The molecule has 2 heterocycles. The molecule has 0 spiro atoms. The summed E-state index contributed by atoms with van der Waals surface area (Å²) in [6, 6.07) is 5.21. The Bertz CT molecular complexity index is 519. The van der Waals surface area contributed by atoms with Gasteiger partial charge in [-0.05, 0) is 17.7 Å². The maximum atomic E-state index is 11.3. The van der Waals surface area contributed by atoms with E-state index in [0.717, 1.165) is 23.5 Å². The van der Waals surface area contributed by atoms with Crippen LogP contribution in [0, 0.1) is 0 Å². The summed E-state index contributed by atoms with van der Waals surface area (Å²) in [5.74, 6) is 0.655. The number of hydrogen-bond donors (Lipinski definition) is 1. The van der Waals surface area contributed by atoms with Crippen LogP contribution in [-0.4, -0.2) is 55.0 Å². The highest BCUT2D eigenvalue weighted by Gasteiger charge is 2.29. The van der Waals surface area contributed by atoms with Gasteiger partial charge in [0.05, 0.1) is 26.4 Å². The van der Waals surface area contributed by atoms with Crippen molar-refractivity contribution in [3.63, 3.8) is 0 Å². The maximum absolute atomic E-state index is 11.3. The van der Waals surface area contributed by atoms with E-state index >= 15 is 0 Å². The summed E-state index contributed by atoms with van der Waals surface area (Å²) in [5, 5.41) is 9.25. The van der Waals surface area contributed by atoms with Gasteiger partial charge in [0, 0.05) is 19.5 Å². The molecule has 21 heavy (non-hydrogen) atoms. The van der Waals surface area contributed by atoms with Crippen LogP contribution >= 0.6 is 0 Å². The molecule has 6 nitrogen and oxygen atoms in total. The van der Waals surface area contributed by atoms with E-state index in [0.29, 0.717) is 32.9 Å². The summed E-state index contributed by atoms with van der Waals surface area (Å²) in [4.78, 5) is 13.2. The first kappa shape index (κ1) is 14.2. The number of fused-ring (bicyclic) bond motifs is 1. The van der Waals surface area contributed by atoms with E-state index in [1.54, 1.807) is 0 Å². The van der Waals surface area contributed by atoms with Gasteiger partial charge < -0.3 is 19.3 Å². The van der Waals surface area contributed by atoms with Crippen molar-refractivity contribution in [3.05, 3.63) is 23.8 Å². The molecule has 2 aliphatic heterocycles. The Kier molecular flexibility index (Phi) is 4.26. The quantitative estimate of drug-likeness (QED) is 0.901. The lowest BCUT2D eigenvalue weighted by Crippen LogP contribution is -2.49. The van der Waals surface area contributed by atoms with Crippen LogP contribution in [0.1, 0.15) is 12.0 Å². The summed E-state index contributed by atoms with van der Waals surface area (Å²) in [6.45, 7) is 3.29. The van der Waals surface area contributed by atoms with E-state index in [9.17, 15) is 9.90 Å². The van der Waals surface area contributed by atoms with Crippen molar-refractivity contribution < 1.29 is 24.1 Å². The van der Waals surface area contributed by atoms with E-state index < -0.39 is 12.0 Å². The molecule has 6 heteroatoms. The molecular formula is C15H19NO5. The SMILES string of the molecule is O=C(O)C1COCCN1Cc1ccc2c(c1)OCCCO2. The van der Waals surface area contributed by atoms with Crippen molar-refractivity contribution in [3.8, 4) is 11.5 Å². The Morgan fingerprint density at radius 3 is 2.86 bits per heavy atom. The van der Waals surface area contributed by atoms with Crippen LogP contribution in [0.5, 0.6) is 11.5 Å². The molecule has 0 bridgehead atoms. The molecule has 1 fully saturated rings. The summed E-state index contributed by atoms with van der Waals surface area (Å²) >= 11 is 0. The van der Waals surface area contributed by atoms with Gasteiger partial charge in [0.2, 0.25) is 0 Å². The van der Waals surface area contributed by atoms with E-state index in [2.05, 4.69) is 0 Å². The van der Waals surface area contributed by atoms with Crippen molar-refractivity contribution in [1.82, 2.24) is 4.90 Å². The lowest BCUT2D eigenvalue weighted by atomic mass is 10.1. The molecule has 3 rings (SSSR count). The number of hydrogen-bond acceptors (Lipinski definition) is 5. The second-order valence-electron chi connectivity index (χ2n) is 5.23. The van der Waals surface area contributed by atoms with Gasteiger partial charge in [-0.15, -0.1) is 0 Å². The van der Waals surface area contributed by atoms with Crippen LogP contribution in [-0.2, 0) is 16.1 Å². The van der Waals surface area contributed by atoms with Crippen molar-refractivity contribution in [2.45, 2.75) is 19.0 Å². The van der Waals surface area contributed by atoms with Crippen LogP contribution in [0.25, 0.3) is 0 Å². The lowest BCUT2D eigenvalue weighted by molar-refractivity contribution is -0.150. The zero-order chi connectivity index (χ0) is 14.7. The van der Waals surface area contributed by atoms with Gasteiger partial charge in [0.15, 0.2) is 11.5 Å². The fourth-order valence-electron chi connectivity index (χ4n) is 2.60. The highest BCUT2D eigenvalue weighted by atomic mass is 16.5. The van der Waals surface area contributed by atoms with Gasteiger partial charge in [0.25, 0.3) is 0 Å². The summed E-state index contributed by atoms with van der Waals surface area (Å²) in [6.07, 6.45) is 0.870. The Morgan fingerprint density at radius 1 is 1.24 bits per heavy atom. The first-order chi connectivity index (χ1) is 10.2. The van der Waals surface area contributed by atoms with E-state index in [4.69, 9.17) is 14.2 Å². The smallest absolute Gasteiger partial charge is 0.323 e. The average Bonchev–Trinajstić information content (AvgIpc) is 2.72. The number of nitrogens with zero attached hydrogens (tertiary/aromatic N) is 1. The second-order valence-corrected chi connectivity index (χ2v) is 5.23. The molecule has 2 aliphatic rings. The van der Waals surface area contributed by atoms with Crippen LogP contribution < -0.4 is 9.47 Å². The second kappa shape index (κ2) is 6.32. The predicted molar refractivity (Wildman–Crippen MR) is 74.7 cm³/mol. The van der Waals surface area contributed by atoms with Crippen molar-refractivity contribution in [2.24, 2.45) is 0 Å². The molecule has 0 radical (unpaired) electrons. The summed E-state index contributed by atoms with van der Waals surface area (Å²) in [5.41, 5.74) is 1.02. The molecular weight excluding hydrogens is 274 g/mol. The first-order valence-corrected chi connectivity index (χ1v) is 7.17. The van der Waals surface area contributed by atoms with Crippen LogP contribution in [0.4, 0.5) is 0 Å². The van der Waals surface area contributed by atoms with E-state index in [-0.39, 0.29) is 6.61 Å². The van der Waals surface area contributed by atoms with E-state index in [1.807, 2.05) is 23.1 Å². The zero-order valence-electron chi connectivity index (χ0n) is 11.8. The minimum Gasteiger partial charge on any atom is -0.490 e. The molecule has 1 aromatic carbocycles. The van der Waals surface area contributed by atoms with Crippen molar-refractivity contribution >= 4 is 5.97 Å². The Hall–Kier alpha value is -1.79. The number of ether oxygens (including phenoxy) is 3. The largest absolute Gasteiger partial charge is 0.490 e. The number of aliphatic carboxylic acids is 1. The average molecular weight is 293 g/mol. The summed E-state index contributed by atoms with van der Waals surface area (Å²) < 4.78 is 16.5. The normalized spacial score (nSPS) is 22.6. The van der Waals surface area contributed by atoms with Gasteiger partial charge >= 0.3 is 5.97 Å². The van der Waals surface area contributed by atoms with Gasteiger partial charge in [-0.1, -0.05) is 6.07 Å². The van der Waals surface area contributed by atoms with Crippen LogP contribution in [0.15, 0.2) is 18.2 Å². The first-order valence-electron chi connectivity index (χ1n) is 7.17. The molecule has 1 unspecified atom stereocenters. The molecule has 0 aliphatic carbocycles. The van der Waals surface area contributed by atoms with Crippen molar-refractivity contribution in [1.29, 1.82) is 0 Å². The topological polar surface area (TPSA) is 68.2 Å². The standard InChI is InChI=1S/C15H19NO5/c17-15(18)12-10-19-7-4-16(12)9-11-2-3-13-14(8-11)21-6-1-5-20-13/h2-3,8,12H,1,4-7,9-10H2,(H,17,18). The highest BCUT2D eigenvalue weighted by molar-refractivity contribution is 5.73. The monoisotopic (exact) mass is 293 g/mol. The fraction of sp³-hybridized carbons (Fsp3) is 0.533. The molecule has 1 aromatic rings.